The van der Waals surface area contributed by atoms with Crippen molar-refractivity contribution < 1.29 is 14.0 Å². The highest BCUT2D eigenvalue weighted by atomic mass is 32.1. The molecule has 2 aliphatic heterocycles. The molecule has 1 N–H and O–H groups in total. The van der Waals surface area contributed by atoms with Crippen LogP contribution >= 0.6 is 11.3 Å². The Balaban J connectivity index is 1.33. The minimum atomic E-state index is -0.341. The average Bonchev–Trinajstić information content (AvgIpc) is 3.26. The van der Waals surface area contributed by atoms with Gasteiger partial charge in [-0.15, -0.1) is 11.3 Å². The number of benzene rings is 1. The molecule has 1 atom stereocenters. The number of rotatable bonds is 6. The fourth-order valence-electron chi connectivity index (χ4n) is 4.44. The van der Waals surface area contributed by atoms with Gasteiger partial charge in [-0.25, -0.2) is 4.39 Å². The number of piperazine rings is 1. The standard InChI is InChI=1S/C24H31FN4O2S/c1-17(20-15-19(25)3-4-21(20)28-12-10-27(2)11-13-28)26-23(30)5-6-24(31)29-9-7-22-18(16-29)8-14-32-22/h3-4,8,14-15,17H,5-7,9-13,16H2,1-2H3,(H,26,30). The van der Waals surface area contributed by atoms with Crippen molar-refractivity contribution in [1.82, 2.24) is 15.1 Å². The zero-order valence-corrected chi connectivity index (χ0v) is 19.6. The summed E-state index contributed by atoms with van der Waals surface area (Å²) in [5, 5.41) is 5.04. The van der Waals surface area contributed by atoms with Crippen LogP contribution in [0.2, 0.25) is 0 Å². The van der Waals surface area contributed by atoms with Gasteiger partial charge in [-0.2, -0.15) is 0 Å². The van der Waals surface area contributed by atoms with E-state index in [-0.39, 0.29) is 36.5 Å². The molecular formula is C24H31FN4O2S. The summed E-state index contributed by atoms with van der Waals surface area (Å²) in [7, 11) is 2.09. The van der Waals surface area contributed by atoms with Crippen LogP contribution in [0.4, 0.5) is 10.1 Å². The Labute approximate surface area is 193 Å². The van der Waals surface area contributed by atoms with Crippen LogP contribution in [0.15, 0.2) is 29.6 Å². The molecule has 2 aliphatic rings. The summed E-state index contributed by atoms with van der Waals surface area (Å²) in [5.74, 6) is -0.492. The summed E-state index contributed by atoms with van der Waals surface area (Å²) < 4.78 is 14.0. The molecule has 0 spiro atoms. The van der Waals surface area contributed by atoms with Gasteiger partial charge in [0.05, 0.1) is 6.04 Å². The second kappa shape index (κ2) is 10.0. The Morgan fingerprint density at radius 2 is 1.91 bits per heavy atom. The fourth-order valence-corrected chi connectivity index (χ4v) is 5.33. The molecule has 32 heavy (non-hydrogen) atoms. The molecule has 1 unspecified atom stereocenters. The van der Waals surface area contributed by atoms with E-state index in [1.165, 1.54) is 22.6 Å². The zero-order chi connectivity index (χ0) is 22.7. The van der Waals surface area contributed by atoms with Crippen molar-refractivity contribution in [2.45, 2.75) is 38.8 Å². The third kappa shape index (κ3) is 5.30. The fraction of sp³-hybridized carbons (Fsp3) is 0.500. The lowest BCUT2D eigenvalue weighted by atomic mass is 10.0. The average molecular weight is 459 g/mol. The van der Waals surface area contributed by atoms with E-state index in [4.69, 9.17) is 0 Å². The summed E-state index contributed by atoms with van der Waals surface area (Å²) in [6.07, 6.45) is 1.21. The highest BCUT2D eigenvalue weighted by Crippen LogP contribution is 2.29. The molecule has 1 fully saturated rings. The number of nitrogens with one attached hydrogen (secondary N) is 1. The van der Waals surface area contributed by atoms with Gasteiger partial charge in [0.2, 0.25) is 11.8 Å². The quantitative estimate of drug-likeness (QED) is 0.723. The highest BCUT2D eigenvalue weighted by Gasteiger charge is 2.24. The number of halogens is 1. The predicted molar refractivity (Wildman–Crippen MR) is 125 cm³/mol. The minimum Gasteiger partial charge on any atom is -0.369 e. The summed E-state index contributed by atoms with van der Waals surface area (Å²) in [5.41, 5.74) is 2.95. The first-order chi connectivity index (χ1) is 15.4. The number of carbonyl (C=O) groups is 2. The first kappa shape index (κ1) is 22.7. The summed E-state index contributed by atoms with van der Waals surface area (Å²) >= 11 is 1.74. The summed E-state index contributed by atoms with van der Waals surface area (Å²) in [4.78, 5) is 32.9. The monoisotopic (exact) mass is 458 g/mol. The topological polar surface area (TPSA) is 55.9 Å². The SMILES string of the molecule is CC(NC(=O)CCC(=O)N1CCc2sccc2C1)c1cc(F)ccc1N1CCN(C)CC1. The lowest BCUT2D eigenvalue weighted by Gasteiger charge is -2.36. The van der Waals surface area contributed by atoms with Gasteiger partial charge >= 0.3 is 0 Å². The van der Waals surface area contributed by atoms with Gasteiger partial charge < -0.3 is 20.0 Å². The van der Waals surface area contributed by atoms with Crippen LogP contribution in [0.3, 0.4) is 0 Å². The molecule has 2 amide bonds. The largest absolute Gasteiger partial charge is 0.369 e. The van der Waals surface area contributed by atoms with E-state index in [2.05, 4.69) is 33.6 Å². The van der Waals surface area contributed by atoms with Crippen molar-refractivity contribution in [3.05, 3.63) is 51.5 Å². The Bertz CT molecular complexity index is 971. The predicted octanol–water partition coefficient (Wildman–Crippen LogP) is 3.18. The number of anilines is 1. The molecular weight excluding hydrogens is 427 g/mol. The molecule has 2 aromatic rings. The second-order valence-corrected chi connectivity index (χ2v) is 9.72. The third-order valence-electron chi connectivity index (χ3n) is 6.40. The van der Waals surface area contributed by atoms with Gasteiger partial charge in [0, 0.05) is 68.2 Å². The van der Waals surface area contributed by atoms with Crippen LogP contribution in [0.5, 0.6) is 0 Å². The first-order valence-electron chi connectivity index (χ1n) is 11.3. The molecule has 0 radical (unpaired) electrons. The van der Waals surface area contributed by atoms with Crippen molar-refractivity contribution in [2.24, 2.45) is 0 Å². The van der Waals surface area contributed by atoms with E-state index in [1.54, 1.807) is 17.4 Å². The lowest BCUT2D eigenvalue weighted by molar-refractivity contribution is -0.134. The number of likely N-dealkylation sites (N-methyl/N-ethyl adjacent to an activating group) is 1. The number of carbonyl (C=O) groups excluding carboxylic acids is 2. The molecule has 1 aromatic heterocycles. The van der Waals surface area contributed by atoms with Crippen LogP contribution < -0.4 is 10.2 Å². The lowest BCUT2D eigenvalue weighted by Crippen LogP contribution is -2.45. The van der Waals surface area contributed by atoms with Gasteiger partial charge in [-0.1, -0.05) is 0 Å². The van der Waals surface area contributed by atoms with E-state index in [0.717, 1.165) is 43.9 Å². The first-order valence-corrected chi connectivity index (χ1v) is 12.1. The summed E-state index contributed by atoms with van der Waals surface area (Å²) in [6.45, 7) is 6.84. The van der Waals surface area contributed by atoms with Gasteiger partial charge in [0.1, 0.15) is 5.82 Å². The molecule has 1 saturated heterocycles. The number of amides is 2. The molecule has 1 aromatic carbocycles. The number of hydrogen-bond acceptors (Lipinski definition) is 5. The van der Waals surface area contributed by atoms with E-state index >= 15 is 0 Å². The molecule has 3 heterocycles. The maximum absolute atomic E-state index is 14.0. The van der Waals surface area contributed by atoms with Crippen LogP contribution in [-0.4, -0.2) is 61.4 Å². The highest BCUT2D eigenvalue weighted by molar-refractivity contribution is 7.10. The number of fused-ring (bicyclic) bond motifs is 1. The van der Waals surface area contributed by atoms with Gasteiger partial charge in [0.25, 0.3) is 0 Å². The maximum atomic E-state index is 14.0. The zero-order valence-electron chi connectivity index (χ0n) is 18.8. The van der Waals surface area contributed by atoms with E-state index in [1.807, 2.05) is 11.8 Å². The summed E-state index contributed by atoms with van der Waals surface area (Å²) in [6, 6.07) is 6.52. The molecule has 0 aliphatic carbocycles. The van der Waals surface area contributed by atoms with Gasteiger partial charge in [-0.3, -0.25) is 9.59 Å². The Morgan fingerprint density at radius 1 is 1.12 bits per heavy atom. The number of hydrogen-bond donors (Lipinski definition) is 1. The van der Waals surface area contributed by atoms with Crippen molar-refractivity contribution in [3.63, 3.8) is 0 Å². The van der Waals surface area contributed by atoms with Crippen molar-refractivity contribution in [3.8, 4) is 0 Å². The van der Waals surface area contributed by atoms with Crippen LogP contribution in [-0.2, 0) is 22.6 Å². The van der Waals surface area contributed by atoms with Gasteiger partial charge in [0.15, 0.2) is 0 Å². The third-order valence-corrected chi connectivity index (χ3v) is 7.43. The molecule has 0 saturated carbocycles. The van der Waals surface area contributed by atoms with Crippen LogP contribution in [0.25, 0.3) is 0 Å². The Kier molecular flexibility index (Phi) is 7.10. The van der Waals surface area contributed by atoms with Crippen molar-refractivity contribution >= 4 is 28.8 Å². The molecule has 8 heteroatoms. The molecule has 172 valence electrons. The molecule has 4 rings (SSSR count). The molecule has 6 nitrogen and oxygen atoms in total. The Hall–Kier alpha value is -2.45. The smallest absolute Gasteiger partial charge is 0.223 e. The number of thiophene rings is 1. The van der Waals surface area contributed by atoms with Crippen LogP contribution in [0.1, 0.15) is 41.8 Å². The molecule has 0 bridgehead atoms. The van der Waals surface area contributed by atoms with Crippen molar-refractivity contribution in [2.75, 3.05) is 44.7 Å². The van der Waals surface area contributed by atoms with E-state index < -0.39 is 0 Å². The van der Waals surface area contributed by atoms with E-state index in [9.17, 15) is 14.0 Å². The van der Waals surface area contributed by atoms with E-state index in [0.29, 0.717) is 13.1 Å². The van der Waals surface area contributed by atoms with Crippen molar-refractivity contribution in [1.29, 1.82) is 0 Å². The van der Waals surface area contributed by atoms with Crippen LogP contribution in [0, 0.1) is 5.82 Å². The van der Waals surface area contributed by atoms with Gasteiger partial charge in [-0.05, 0) is 55.6 Å². The maximum Gasteiger partial charge on any atom is 0.223 e. The Morgan fingerprint density at radius 3 is 2.69 bits per heavy atom. The minimum absolute atomic E-state index is 0.00790. The normalized spacial score (nSPS) is 17.7. The second-order valence-electron chi connectivity index (χ2n) is 8.72. The number of nitrogens with zero attached hydrogens (tertiary/aromatic N) is 3.